The summed E-state index contributed by atoms with van der Waals surface area (Å²) in [5.41, 5.74) is 0. The van der Waals surface area contributed by atoms with Crippen LogP contribution in [-0.4, -0.2) is 25.9 Å². The molecule has 0 rings (SSSR count). The Bertz CT molecular complexity index is 255. The van der Waals surface area contributed by atoms with Gasteiger partial charge in [0.1, 0.15) is 6.10 Å². The molecule has 0 saturated heterocycles. The van der Waals surface area contributed by atoms with Crippen molar-refractivity contribution in [2.75, 3.05) is 19.8 Å². The number of ether oxygens (including phenoxy) is 1. The fraction of sp³-hybridized carbons (Fsp3) is 1.00. The van der Waals surface area contributed by atoms with Crippen LogP contribution in [0.4, 0.5) is 0 Å². The van der Waals surface area contributed by atoms with Gasteiger partial charge >= 0.3 is 0 Å². The molecule has 0 fully saturated rings. The first-order valence-electron chi connectivity index (χ1n) is 11.0. The molecule has 0 radical (unpaired) electrons. The predicted molar refractivity (Wildman–Crippen MR) is 119 cm³/mol. The Kier molecular flexibility index (Phi) is 24.1. The largest absolute Gasteiger partial charge is 0.379 e. The Hall–Kier alpha value is 0.580. The van der Waals surface area contributed by atoms with Crippen LogP contribution < -0.4 is 0 Å². The standard InChI is InChI=1S/C21H44O3S2/c1-2-3-4-5-6-7-8-9-10-11-12-13-14-15-16-17-18-22-19-21(24-26)20-23-25/h21,25-26H,2-20H2,1H3. The zero-order valence-electron chi connectivity index (χ0n) is 17.1. The minimum Gasteiger partial charge on any atom is -0.379 e. The average molecular weight is 409 g/mol. The van der Waals surface area contributed by atoms with Gasteiger partial charge in [-0.05, 0) is 32.2 Å². The van der Waals surface area contributed by atoms with Gasteiger partial charge in [0.15, 0.2) is 0 Å². The van der Waals surface area contributed by atoms with Gasteiger partial charge in [-0.3, -0.25) is 0 Å². The summed E-state index contributed by atoms with van der Waals surface area (Å²) < 4.78 is 15.2. The Morgan fingerprint density at radius 1 is 0.577 bits per heavy atom. The van der Waals surface area contributed by atoms with Gasteiger partial charge < -0.3 is 13.1 Å². The summed E-state index contributed by atoms with van der Waals surface area (Å²) in [5.74, 6) is 0. The van der Waals surface area contributed by atoms with E-state index in [9.17, 15) is 0 Å². The minimum atomic E-state index is -0.142. The van der Waals surface area contributed by atoms with Crippen molar-refractivity contribution in [2.24, 2.45) is 0 Å². The lowest BCUT2D eigenvalue weighted by atomic mass is 10.0. The Labute approximate surface area is 174 Å². The fourth-order valence-electron chi connectivity index (χ4n) is 3.16. The Morgan fingerprint density at radius 2 is 1.00 bits per heavy atom. The van der Waals surface area contributed by atoms with E-state index in [1.54, 1.807) is 0 Å². The van der Waals surface area contributed by atoms with E-state index in [0.29, 0.717) is 13.2 Å². The van der Waals surface area contributed by atoms with Gasteiger partial charge in [-0.1, -0.05) is 103 Å². The highest BCUT2D eigenvalue weighted by atomic mass is 32.1. The van der Waals surface area contributed by atoms with E-state index in [1.807, 2.05) is 0 Å². The van der Waals surface area contributed by atoms with Crippen molar-refractivity contribution in [3.8, 4) is 0 Å². The summed E-state index contributed by atoms with van der Waals surface area (Å²) in [7, 11) is 0. The number of hydrogen-bond acceptors (Lipinski definition) is 5. The lowest BCUT2D eigenvalue weighted by molar-refractivity contribution is 0.0402. The molecule has 3 nitrogen and oxygen atoms in total. The molecule has 158 valence electrons. The summed E-state index contributed by atoms with van der Waals surface area (Å²) in [6.07, 6.45) is 22.1. The van der Waals surface area contributed by atoms with Crippen LogP contribution in [0.5, 0.6) is 0 Å². The SMILES string of the molecule is CCCCCCCCCCCCCCCCCCOCC(COS)OS. The van der Waals surface area contributed by atoms with Crippen molar-refractivity contribution in [3.05, 3.63) is 0 Å². The van der Waals surface area contributed by atoms with Crippen LogP contribution in [0, 0.1) is 0 Å². The first kappa shape index (κ1) is 26.6. The molecule has 26 heavy (non-hydrogen) atoms. The Balaban J connectivity index is 3.07. The molecule has 0 aliphatic heterocycles. The second kappa shape index (κ2) is 23.6. The normalized spacial score (nSPS) is 12.6. The van der Waals surface area contributed by atoms with E-state index in [1.165, 1.54) is 96.3 Å². The molecule has 1 unspecified atom stereocenters. The maximum absolute atomic E-state index is 5.57. The summed E-state index contributed by atoms with van der Waals surface area (Å²) >= 11 is 7.50. The van der Waals surface area contributed by atoms with Crippen LogP contribution in [0.15, 0.2) is 0 Å². The van der Waals surface area contributed by atoms with Crippen molar-refractivity contribution in [2.45, 2.75) is 116 Å². The van der Waals surface area contributed by atoms with Crippen LogP contribution in [0.1, 0.15) is 110 Å². The summed E-state index contributed by atoms with van der Waals surface area (Å²) in [5, 5.41) is 0. The smallest absolute Gasteiger partial charge is 0.120 e. The molecule has 5 heteroatoms. The minimum absolute atomic E-state index is 0.142. The van der Waals surface area contributed by atoms with Crippen molar-refractivity contribution < 1.29 is 13.1 Å². The van der Waals surface area contributed by atoms with Gasteiger partial charge in [0, 0.05) is 6.61 Å². The quantitative estimate of drug-likeness (QED) is 0.111. The van der Waals surface area contributed by atoms with E-state index < -0.39 is 0 Å². The van der Waals surface area contributed by atoms with Crippen LogP contribution in [0.25, 0.3) is 0 Å². The second-order valence-corrected chi connectivity index (χ2v) is 7.87. The maximum atomic E-state index is 5.57. The van der Waals surface area contributed by atoms with Crippen molar-refractivity contribution in [1.29, 1.82) is 0 Å². The van der Waals surface area contributed by atoms with Crippen LogP contribution >= 0.6 is 25.8 Å². The van der Waals surface area contributed by atoms with E-state index in [0.717, 1.165) is 13.0 Å². The lowest BCUT2D eigenvalue weighted by Crippen LogP contribution is -2.21. The second-order valence-electron chi connectivity index (χ2n) is 7.40. The van der Waals surface area contributed by atoms with E-state index in [4.69, 9.17) is 13.1 Å². The molecule has 0 aliphatic rings. The third kappa shape index (κ3) is 20.9. The Morgan fingerprint density at radius 3 is 1.38 bits per heavy atom. The third-order valence-corrected chi connectivity index (χ3v) is 5.30. The van der Waals surface area contributed by atoms with Gasteiger partial charge in [-0.15, -0.1) is 0 Å². The van der Waals surface area contributed by atoms with Crippen molar-refractivity contribution in [3.63, 3.8) is 0 Å². The monoisotopic (exact) mass is 408 g/mol. The molecule has 0 amide bonds. The molecule has 0 N–H and O–H groups in total. The lowest BCUT2D eigenvalue weighted by Gasteiger charge is -2.12. The molecule has 0 aromatic rings. The molecular formula is C21H44O3S2. The number of hydrogen-bond donors (Lipinski definition) is 2. The molecule has 0 aromatic carbocycles. The molecule has 0 spiro atoms. The average Bonchev–Trinajstić information content (AvgIpc) is 2.66. The van der Waals surface area contributed by atoms with Gasteiger partial charge in [0.05, 0.1) is 13.2 Å². The van der Waals surface area contributed by atoms with Crippen LogP contribution in [0.3, 0.4) is 0 Å². The first-order valence-corrected chi connectivity index (χ1v) is 11.7. The molecule has 0 bridgehead atoms. The van der Waals surface area contributed by atoms with Crippen LogP contribution in [0.2, 0.25) is 0 Å². The van der Waals surface area contributed by atoms with E-state index in [2.05, 4.69) is 32.7 Å². The van der Waals surface area contributed by atoms with E-state index >= 15 is 0 Å². The van der Waals surface area contributed by atoms with Crippen molar-refractivity contribution >= 4 is 25.8 Å². The van der Waals surface area contributed by atoms with Gasteiger partial charge in [0.25, 0.3) is 0 Å². The highest BCUT2D eigenvalue weighted by Gasteiger charge is 2.07. The predicted octanol–water partition coefficient (Wildman–Crippen LogP) is 7.36. The molecule has 1 atom stereocenters. The number of rotatable bonds is 22. The van der Waals surface area contributed by atoms with Crippen molar-refractivity contribution in [1.82, 2.24) is 0 Å². The summed E-state index contributed by atoms with van der Waals surface area (Å²) in [6.45, 7) is 3.99. The van der Waals surface area contributed by atoms with Crippen LogP contribution in [-0.2, 0) is 13.1 Å². The topological polar surface area (TPSA) is 27.7 Å². The summed E-state index contributed by atoms with van der Waals surface area (Å²) in [4.78, 5) is 0. The third-order valence-electron chi connectivity index (χ3n) is 4.86. The zero-order chi connectivity index (χ0) is 19.1. The van der Waals surface area contributed by atoms with Gasteiger partial charge in [-0.2, -0.15) is 0 Å². The van der Waals surface area contributed by atoms with Gasteiger partial charge in [-0.25, -0.2) is 0 Å². The molecule has 0 aliphatic carbocycles. The van der Waals surface area contributed by atoms with Gasteiger partial charge in [0.2, 0.25) is 0 Å². The number of unbranched alkanes of at least 4 members (excludes halogenated alkanes) is 15. The van der Waals surface area contributed by atoms with E-state index in [-0.39, 0.29) is 6.10 Å². The highest BCUT2D eigenvalue weighted by molar-refractivity contribution is 7.75. The zero-order valence-corrected chi connectivity index (χ0v) is 18.9. The molecular weight excluding hydrogens is 364 g/mol. The first-order chi connectivity index (χ1) is 12.8. The highest BCUT2D eigenvalue weighted by Crippen LogP contribution is 2.13. The fourth-order valence-corrected chi connectivity index (χ4v) is 3.45. The molecule has 0 aromatic heterocycles. The maximum Gasteiger partial charge on any atom is 0.120 e. The summed E-state index contributed by atoms with van der Waals surface area (Å²) in [6, 6.07) is 0. The molecule has 0 saturated carbocycles. The molecule has 0 heterocycles. The number of thiol groups is 2.